The van der Waals surface area contributed by atoms with E-state index in [-0.39, 0.29) is 30.9 Å². The van der Waals surface area contributed by atoms with Crippen molar-refractivity contribution in [2.75, 3.05) is 13.2 Å². The van der Waals surface area contributed by atoms with E-state index in [0.717, 1.165) is 24.9 Å². The maximum atomic E-state index is 12.7. The van der Waals surface area contributed by atoms with Crippen molar-refractivity contribution in [3.63, 3.8) is 0 Å². The molecule has 3 rings (SSSR count). The van der Waals surface area contributed by atoms with Crippen molar-refractivity contribution < 1.29 is 14.3 Å². The number of likely N-dealkylation sites (tertiary alicyclic amines) is 1. The highest BCUT2D eigenvalue weighted by atomic mass is 16.5. The molecule has 1 unspecified atom stereocenters. The molecule has 136 valence electrons. The second-order valence-corrected chi connectivity index (χ2v) is 6.68. The molecule has 0 radical (unpaired) electrons. The van der Waals surface area contributed by atoms with Crippen LogP contribution in [0.3, 0.4) is 0 Å². The summed E-state index contributed by atoms with van der Waals surface area (Å²) in [6, 6.07) is 15.4. The fourth-order valence-electron chi connectivity index (χ4n) is 3.48. The number of rotatable bonds is 6. The van der Waals surface area contributed by atoms with Crippen molar-refractivity contribution in [1.29, 1.82) is 0 Å². The van der Waals surface area contributed by atoms with Gasteiger partial charge in [-0.1, -0.05) is 36.4 Å². The zero-order chi connectivity index (χ0) is 18.5. The minimum Gasteiger partial charge on any atom is -0.484 e. The van der Waals surface area contributed by atoms with E-state index in [1.165, 1.54) is 11.1 Å². The van der Waals surface area contributed by atoms with Crippen LogP contribution in [0.25, 0.3) is 0 Å². The molecule has 2 amide bonds. The fraction of sp³-hybridized carbons (Fsp3) is 0.333. The van der Waals surface area contributed by atoms with Crippen LogP contribution in [0.1, 0.15) is 35.6 Å². The third-order valence-corrected chi connectivity index (χ3v) is 4.78. The number of carbonyl (C=O) groups excluding carboxylic acids is 2. The average Bonchev–Trinajstić information content (AvgIpc) is 3.10. The van der Waals surface area contributed by atoms with E-state index < -0.39 is 0 Å². The number of primary amides is 1. The van der Waals surface area contributed by atoms with Crippen molar-refractivity contribution in [3.8, 4) is 5.75 Å². The van der Waals surface area contributed by atoms with Crippen molar-refractivity contribution in [1.82, 2.24) is 4.90 Å². The second-order valence-electron chi connectivity index (χ2n) is 6.68. The third-order valence-electron chi connectivity index (χ3n) is 4.78. The molecule has 5 heteroatoms. The predicted octanol–water partition coefficient (Wildman–Crippen LogP) is 2.77. The Morgan fingerprint density at radius 2 is 1.88 bits per heavy atom. The molecule has 1 heterocycles. The van der Waals surface area contributed by atoms with Crippen molar-refractivity contribution in [3.05, 3.63) is 65.2 Å². The fourth-order valence-corrected chi connectivity index (χ4v) is 3.48. The van der Waals surface area contributed by atoms with Gasteiger partial charge in [-0.25, -0.2) is 0 Å². The second kappa shape index (κ2) is 8.04. The Labute approximate surface area is 153 Å². The minimum atomic E-state index is -0.370. The average molecular weight is 352 g/mol. The molecule has 2 aromatic carbocycles. The van der Waals surface area contributed by atoms with Crippen LogP contribution in [-0.2, 0) is 16.0 Å². The summed E-state index contributed by atoms with van der Waals surface area (Å²) in [5.74, 6) is 0.236. The SMILES string of the molecule is Cc1ccccc1C1CCCN1C(=O)COc1ccc(CC(N)=O)cc1. The Morgan fingerprint density at radius 1 is 1.15 bits per heavy atom. The summed E-state index contributed by atoms with van der Waals surface area (Å²) in [6.07, 6.45) is 2.19. The predicted molar refractivity (Wildman–Crippen MR) is 99.7 cm³/mol. The topological polar surface area (TPSA) is 72.6 Å². The van der Waals surface area contributed by atoms with Gasteiger partial charge in [0.25, 0.3) is 5.91 Å². The molecular formula is C21H24N2O3. The number of hydrogen-bond donors (Lipinski definition) is 1. The van der Waals surface area contributed by atoms with Crippen LogP contribution in [0.5, 0.6) is 5.75 Å². The highest BCUT2D eigenvalue weighted by Crippen LogP contribution is 2.33. The Hall–Kier alpha value is -2.82. The lowest BCUT2D eigenvalue weighted by Gasteiger charge is -2.26. The van der Waals surface area contributed by atoms with Crippen LogP contribution >= 0.6 is 0 Å². The molecule has 0 aliphatic carbocycles. The van der Waals surface area contributed by atoms with Gasteiger partial charge >= 0.3 is 0 Å². The molecule has 1 atom stereocenters. The molecule has 0 spiro atoms. The summed E-state index contributed by atoms with van der Waals surface area (Å²) in [5, 5.41) is 0. The van der Waals surface area contributed by atoms with Gasteiger partial charge in [-0.3, -0.25) is 9.59 Å². The molecule has 5 nitrogen and oxygen atoms in total. The smallest absolute Gasteiger partial charge is 0.261 e. The van der Waals surface area contributed by atoms with E-state index in [1.807, 2.05) is 17.0 Å². The number of nitrogens with two attached hydrogens (primary N) is 1. The quantitative estimate of drug-likeness (QED) is 0.869. The molecule has 1 saturated heterocycles. The number of hydrogen-bond acceptors (Lipinski definition) is 3. The first kappa shape index (κ1) is 18.0. The van der Waals surface area contributed by atoms with Gasteiger partial charge in [-0.2, -0.15) is 0 Å². The number of nitrogens with zero attached hydrogens (tertiary/aromatic N) is 1. The summed E-state index contributed by atoms with van der Waals surface area (Å²) < 4.78 is 5.65. The van der Waals surface area contributed by atoms with Crippen molar-refractivity contribution >= 4 is 11.8 Å². The van der Waals surface area contributed by atoms with E-state index >= 15 is 0 Å². The van der Waals surface area contributed by atoms with E-state index in [2.05, 4.69) is 19.1 Å². The lowest BCUT2D eigenvalue weighted by atomic mass is 9.99. The zero-order valence-corrected chi connectivity index (χ0v) is 15.0. The van der Waals surface area contributed by atoms with Gasteiger partial charge in [0.2, 0.25) is 5.91 Å². The Bertz CT molecular complexity index is 786. The minimum absolute atomic E-state index is 0.00281. The van der Waals surface area contributed by atoms with Gasteiger partial charge in [0.15, 0.2) is 6.61 Å². The molecular weight excluding hydrogens is 328 g/mol. The van der Waals surface area contributed by atoms with Crippen LogP contribution in [-0.4, -0.2) is 29.9 Å². The molecule has 2 N–H and O–H groups in total. The summed E-state index contributed by atoms with van der Waals surface area (Å²) in [5.41, 5.74) is 8.44. The van der Waals surface area contributed by atoms with Gasteiger partial charge in [-0.05, 0) is 48.6 Å². The normalized spacial score (nSPS) is 16.5. The van der Waals surface area contributed by atoms with E-state index in [4.69, 9.17) is 10.5 Å². The molecule has 2 aromatic rings. The summed E-state index contributed by atoms with van der Waals surface area (Å²) in [4.78, 5) is 25.5. The van der Waals surface area contributed by atoms with Gasteiger partial charge in [0.05, 0.1) is 12.5 Å². The first-order valence-corrected chi connectivity index (χ1v) is 8.89. The standard InChI is InChI=1S/C21H24N2O3/c1-15-5-2-3-6-18(15)19-7-4-12-23(19)21(25)14-26-17-10-8-16(9-11-17)13-20(22)24/h2-3,5-6,8-11,19H,4,7,12-14H2,1H3,(H2,22,24). The largest absolute Gasteiger partial charge is 0.484 e. The highest BCUT2D eigenvalue weighted by molar-refractivity contribution is 5.79. The van der Waals surface area contributed by atoms with Gasteiger partial charge in [0, 0.05) is 6.54 Å². The molecule has 0 bridgehead atoms. The van der Waals surface area contributed by atoms with Crippen LogP contribution in [0.4, 0.5) is 0 Å². The molecule has 26 heavy (non-hydrogen) atoms. The van der Waals surface area contributed by atoms with Crippen LogP contribution in [0.15, 0.2) is 48.5 Å². The maximum Gasteiger partial charge on any atom is 0.261 e. The van der Waals surface area contributed by atoms with E-state index in [9.17, 15) is 9.59 Å². The Morgan fingerprint density at radius 3 is 2.58 bits per heavy atom. The van der Waals surface area contributed by atoms with Crippen LogP contribution in [0.2, 0.25) is 0 Å². The van der Waals surface area contributed by atoms with Crippen molar-refractivity contribution in [2.45, 2.75) is 32.2 Å². The molecule has 1 aliphatic heterocycles. The Kier molecular flexibility index (Phi) is 5.56. The third kappa shape index (κ3) is 4.23. The number of benzene rings is 2. The number of ether oxygens (including phenoxy) is 1. The van der Waals surface area contributed by atoms with Crippen molar-refractivity contribution in [2.24, 2.45) is 5.73 Å². The summed E-state index contributed by atoms with van der Waals surface area (Å²) >= 11 is 0. The first-order chi connectivity index (χ1) is 12.5. The zero-order valence-electron chi connectivity index (χ0n) is 15.0. The van der Waals surface area contributed by atoms with Gasteiger partial charge in [0.1, 0.15) is 5.75 Å². The molecule has 1 aliphatic rings. The summed E-state index contributed by atoms with van der Waals surface area (Å²) in [6.45, 7) is 2.86. The monoisotopic (exact) mass is 352 g/mol. The van der Waals surface area contributed by atoms with Crippen LogP contribution in [0, 0.1) is 6.92 Å². The maximum absolute atomic E-state index is 12.7. The van der Waals surface area contributed by atoms with E-state index in [0.29, 0.717) is 5.75 Å². The number of carbonyl (C=O) groups is 2. The highest BCUT2D eigenvalue weighted by Gasteiger charge is 2.30. The van der Waals surface area contributed by atoms with Gasteiger partial charge < -0.3 is 15.4 Å². The lowest BCUT2D eigenvalue weighted by molar-refractivity contribution is -0.134. The first-order valence-electron chi connectivity index (χ1n) is 8.89. The van der Waals surface area contributed by atoms with E-state index in [1.54, 1.807) is 24.3 Å². The number of amides is 2. The lowest BCUT2D eigenvalue weighted by Crippen LogP contribution is -2.34. The number of aryl methyl sites for hydroxylation is 1. The van der Waals surface area contributed by atoms with Gasteiger partial charge in [-0.15, -0.1) is 0 Å². The Balaban J connectivity index is 1.61. The summed E-state index contributed by atoms with van der Waals surface area (Å²) in [7, 11) is 0. The van der Waals surface area contributed by atoms with Crippen LogP contribution < -0.4 is 10.5 Å². The molecule has 0 aromatic heterocycles. The molecule has 0 saturated carbocycles. The molecule has 1 fully saturated rings.